The van der Waals surface area contributed by atoms with E-state index in [1.165, 1.54) is 17.0 Å². The van der Waals surface area contributed by atoms with Gasteiger partial charge in [0.05, 0.1) is 11.4 Å². The van der Waals surface area contributed by atoms with Gasteiger partial charge in [-0.15, -0.1) is 0 Å². The Morgan fingerprint density at radius 2 is 1.85 bits per heavy atom. The van der Waals surface area contributed by atoms with Crippen molar-refractivity contribution in [2.24, 2.45) is 22.0 Å². The molecule has 6 rings (SSSR count). The first kappa shape index (κ1) is 25.2. The normalized spacial score (nSPS) is 27.2. The number of carboxylic acids is 1. The second-order valence-corrected chi connectivity index (χ2v) is 10.9. The highest BCUT2D eigenvalue weighted by Crippen LogP contribution is 2.49. The number of oxime groups is 1. The fraction of sp³-hybridized carbons (Fsp3) is 0.355. The molecule has 2 atom stereocenters. The van der Waals surface area contributed by atoms with Gasteiger partial charge in [-0.3, -0.25) is 14.5 Å². The monoisotopic (exact) mass is 527 g/mol. The summed E-state index contributed by atoms with van der Waals surface area (Å²) in [6.45, 7) is 0. The molecule has 1 aromatic carbocycles. The number of hydrogen-bond donors (Lipinski definition) is 1. The van der Waals surface area contributed by atoms with Crippen LogP contribution in [0.2, 0.25) is 0 Å². The van der Waals surface area contributed by atoms with Crippen LogP contribution in [0.4, 0.5) is 10.1 Å². The van der Waals surface area contributed by atoms with Gasteiger partial charge < -0.3 is 9.94 Å². The average molecular weight is 528 g/mol. The fourth-order valence-electron chi connectivity index (χ4n) is 6.16. The van der Waals surface area contributed by atoms with Crippen molar-refractivity contribution < 1.29 is 23.9 Å². The Balaban J connectivity index is 1.28. The SMILES string of the molecule is O=C(O)CCCCC1=NC2=CC(C3=NOC4(C3)CC3C=CC=CC3C4)=CC=C(C2)C(=O)N1c1ccc(F)cc1. The van der Waals surface area contributed by atoms with E-state index in [1.807, 2.05) is 18.2 Å². The van der Waals surface area contributed by atoms with Crippen LogP contribution < -0.4 is 4.90 Å². The number of nitrogens with zero attached hydrogens (tertiary/aromatic N) is 3. The molecule has 0 radical (unpaired) electrons. The first-order chi connectivity index (χ1) is 18.9. The summed E-state index contributed by atoms with van der Waals surface area (Å²) in [7, 11) is 0. The third-order valence-corrected chi connectivity index (χ3v) is 8.06. The van der Waals surface area contributed by atoms with Crippen LogP contribution >= 0.6 is 0 Å². The first-order valence-corrected chi connectivity index (χ1v) is 13.5. The summed E-state index contributed by atoms with van der Waals surface area (Å²) < 4.78 is 13.7. The smallest absolute Gasteiger partial charge is 0.303 e. The van der Waals surface area contributed by atoms with E-state index in [0.29, 0.717) is 61.0 Å². The Labute approximate surface area is 226 Å². The molecule has 7 nitrogen and oxygen atoms in total. The number of aliphatic carboxylic acids is 1. The molecular formula is C31H30FN3O4. The largest absolute Gasteiger partial charge is 0.481 e. The lowest BCUT2D eigenvalue weighted by Gasteiger charge is -2.24. The summed E-state index contributed by atoms with van der Waals surface area (Å²) in [6.07, 6.45) is 18.9. The second kappa shape index (κ2) is 10.2. The molecule has 1 amide bonds. The van der Waals surface area contributed by atoms with E-state index in [1.54, 1.807) is 12.1 Å². The summed E-state index contributed by atoms with van der Waals surface area (Å²) in [4.78, 5) is 37.3. The van der Waals surface area contributed by atoms with E-state index in [9.17, 15) is 14.0 Å². The summed E-state index contributed by atoms with van der Waals surface area (Å²) in [6, 6.07) is 5.76. The molecule has 2 unspecified atom stereocenters. The molecule has 2 aliphatic heterocycles. The number of hydrogen-bond acceptors (Lipinski definition) is 5. The predicted molar refractivity (Wildman–Crippen MR) is 147 cm³/mol. The number of fused-ring (bicyclic) bond motifs is 3. The van der Waals surface area contributed by atoms with Gasteiger partial charge in [-0.2, -0.15) is 0 Å². The van der Waals surface area contributed by atoms with Crippen LogP contribution in [-0.2, 0) is 14.4 Å². The number of carbonyl (C=O) groups excluding carboxylic acids is 1. The number of carbonyl (C=O) groups is 2. The minimum absolute atomic E-state index is 0.0490. The molecule has 1 spiro atoms. The summed E-state index contributed by atoms with van der Waals surface area (Å²) >= 11 is 0. The lowest BCUT2D eigenvalue weighted by molar-refractivity contribution is -0.137. The van der Waals surface area contributed by atoms with Crippen LogP contribution in [-0.4, -0.2) is 34.1 Å². The van der Waals surface area contributed by atoms with Gasteiger partial charge in [0.1, 0.15) is 17.3 Å². The molecule has 2 bridgehead atoms. The highest BCUT2D eigenvalue weighted by molar-refractivity contribution is 6.23. The van der Waals surface area contributed by atoms with Gasteiger partial charge >= 0.3 is 5.97 Å². The standard InChI is InChI=1S/C31H30FN3O4/c32-24-11-13-26(14-12-24)35-28(7-3-4-8-29(36)37)33-25-15-20(9-10-21(16-25)30(35)38)27-19-31(39-34-27)17-22-5-1-2-6-23(22)18-31/h1-2,5-6,9-15,22-23H,3-4,7-8,16-19H2,(H,36,37). The number of anilines is 1. The van der Waals surface area contributed by atoms with Crippen LogP contribution in [0, 0.1) is 17.7 Å². The Kier molecular flexibility index (Phi) is 6.62. The average Bonchev–Trinajstić information content (AvgIpc) is 3.39. The minimum atomic E-state index is -0.856. The number of rotatable bonds is 7. The van der Waals surface area contributed by atoms with E-state index in [-0.39, 0.29) is 17.9 Å². The molecular weight excluding hydrogens is 497 g/mol. The molecule has 1 N–H and O–H groups in total. The summed E-state index contributed by atoms with van der Waals surface area (Å²) in [5.41, 5.74) is 3.26. The molecule has 1 saturated carbocycles. The van der Waals surface area contributed by atoms with E-state index >= 15 is 0 Å². The third kappa shape index (κ3) is 5.15. The Bertz CT molecular complexity index is 1390. The maximum absolute atomic E-state index is 13.8. The van der Waals surface area contributed by atoms with Gasteiger partial charge in [0.25, 0.3) is 5.91 Å². The van der Waals surface area contributed by atoms with Crippen LogP contribution in [0.3, 0.4) is 0 Å². The second-order valence-electron chi connectivity index (χ2n) is 10.9. The Hall–Kier alpha value is -4.07. The number of amides is 1. The van der Waals surface area contributed by atoms with Crippen molar-refractivity contribution in [3.8, 4) is 0 Å². The Morgan fingerprint density at radius 1 is 1.10 bits per heavy atom. The molecule has 1 fully saturated rings. The van der Waals surface area contributed by atoms with Crippen LogP contribution in [0.25, 0.3) is 0 Å². The maximum Gasteiger partial charge on any atom is 0.303 e. The first-order valence-electron chi connectivity index (χ1n) is 13.5. The van der Waals surface area contributed by atoms with Crippen molar-refractivity contribution in [1.82, 2.24) is 0 Å². The molecule has 1 aromatic rings. The number of unbranched alkanes of at least 4 members (excludes halogenated alkanes) is 1. The van der Waals surface area contributed by atoms with Crippen molar-refractivity contribution in [1.29, 1.82) is 0 Å². The molecule has 200 valence electrons. The van der Waals surface area contributed by atoms with Gasteiger partial charge in [-0.25, -0.2) is 9.38 Å². The molecule has 8 heteroatoms. The number of halogens is 1. The van der Waals surface area contributed by atoms with Gasteiger partial charge in [0.2, 0.25) is 0 Å². The molecule has 2 heterocycles. The molecule has 3 aliphatic carbocycles. The fourth-order valence-corrected chi connectivity index (χ4v) is 6.16. The van der Waals surface area contributed by atoms with Gasteiger partial charge in [0.15, 0.2) is 0 Å². The minimum Gasteiger partial charge on any atom is -0.481 e. The van der Waals surface area contributed by atoms with Crippen LogP contribution in [0.15, 0.2) is 93.8 Å². The maximum atomic E-state index is 13.8. The van der Waals surface area contributed by atoms with Crippen molar-refractivity contribution in [2.75, 3.05) is 4.90 Å². The zero-order chi connectivity index (χ0) is 27.0. The van der Waals surface area contributed by atoms with Crippen molar-refractivity contribution >= 4 is 29.1 Å². The summed E-state index contributed by atoms with van der Waals surface area (Å²) in [5, 5.41) is 13.5. The van der Waals surface area contributed by atoms with E-state index < -0.39 is 11.8 Å². The highest BCUT2D eigenvalue weighted by atomic mass is 19.1. The number of benzene rings is 1. The van der Waals surface area contributed by atoms with Crippen molar-refractivity contribution in [2.45, 2.75) is 57.0 Å². The van der Waals surface area contributed by atoms with Gasteiger partial charge in [-0.1, -0.05) is 41.6 Å². The summed E-state index contributed by atoms with van der Waals surface area (Å²) in [5.74, 6) is -0.00749. The molecule has 0 saturated heterocycles. The number of allylic oxidation sites excluding steroid dienone is 9. The van der Waals surface area contributed by atoms with Crippen LogP contribution in [0.1, 0.15) is 51.4 Å². The number of aliphatic imine (C=N–C) groups is 1. The quantitative estimate of drug-likeness (QED) is 0.439. The number of carboxylic acid groups (broad SMARTS) is 1. The zero-order valence-electron chi connectivity index (χ0n) is 21.6. The van der Waals surface area contributed by atoms with E-state index in [0.717, 1.165) is 29.8 Å². The Morgan fingerprint density at radius 3 is 2.56 bits per heavy atom. The zero-order valence-corrected chi connectivity index (χ0v) is 21.6. The van der Waals surface area contributed by atoms with E-state index in [2.05, 4.69) is 29.5 Å². The van der Waals surface area contributed by atoms with Crippen molar-refractivity contribution in [3.63, 3.8) is 0 Å². The predicted octanol–water partition coefficient (Wildman–Crippen LogP) is 6.02. The third-order valence-electron chi connectivity index (χ3n) is 8.06. The number of amidine groups is 1. The lowest BCUT2D eigenvalue weighted by atomic mass is 9.91. The van der Waals surface area contributed by atoms with Crippen LogP contribution in [0.5, 0.6) is 0 Å². The van der Waals surface area contributed by atoms with Crippen molar-refractivity contribution in [3.05, 3.63) is 89.5 Å². The highest BCUT2D eigenvalue weighted by Gasteiger charge is 2.49. The molecule has 5 aliphatic rings. The molecule has 0 aromatic heterocycles. The van der Waals surface area contributed by atoms with Gasteiger partial charge in [-0.05, 0) is 67.9 Å². The van der Waals surface area contributed by atoms with Gasteiger partial charge in [0, 0.05) is 42.5 Å². The molecule has 39 heavy (non-hydrogen) atoms. The topological polar surface area (TPSA) is 91.6 Å². The van der Waals surface area contributed by atoms with E-state index in [4.69, 9.17) is 14.9 Å². The lowest BCUT2D eigenvalue weighted by Crippen LogP contribution is -2.37.